The number of anilines is 1. The molecule has 0 saturated heterocycles. The van der Waals surface area contributed by atoms with Crippen molar-refractivity contribution >= 4 is 29.3 Å². The topological polar surface area (TPSA) is 59.1 Å². The molecule has 0 aliphatic rings. The maximum Gasteiger partial charge on any atom is 0.212 e. The lowest BCUT2D eigenvalue weighted by molar-refractivity contribution is -0.105. The molecule has 0 aliphatic heterocycles. The molecule has 5 heteroatoms. The van der Waals surface area contributed by atoms with Crippen LogP contribution in [0, 0.1) is 0 Å². The van der Waals surface area contributed by atoms with Crippen molar-refractivity contribution in [3.8, 4) is 0 Å². The van der Waals surface area contributed by atoms with Crippen molar-refractivity contribution < 1.29 is 9.59 Å². The molecule has 0 aromatic carbocycles. The molecule has 1 aromatic rings. The molecule has 1 rings (SSSR count). The first-order chi connectivity index (χ1) is 5.25. The number of rotatable bonds is 3. The summed E-state index contributed by atoms with van der Waals surface area (Å²) in [5.74, 6) is 0.259. The van der Waals surface area contributed by atoms with Gasteiger partial charge in [0.15, 0.2) is 11.6 Å². The third-order valence-corrected chi connectivity index (χ3v) is 2.01. The molecule has 1 aromatic heterocycles. The van der Waals surface area contributed by atoms with Crippen LogP contribution in [0.15, 0.2) is 5.51 Å². The van der Waals surface area contributed by atoms with Gasteiger partial charge in [-0.15, -0.1) is 11.3 Å². The van der Waals surface area contributed by atoms with Crippen molar-refractivity contribution in [2.75, 3.05) is 5.32 Å². The minimum absolute atomic E-state index is 0.0862. The Bertz CT molecular complexity index is 282. The highest BCUT2D eigenvalue weighted by Gasteiger charge is 2.08. The molecule has 0 aliphatic carbocycles. The lowest BCUT2D eigenvalue weighted by atomic mass is 10.4. The zero-order valence-electron chi connectivity index (χ0n) is 5.83. The van der Waals surface area contributed by atoms with Gasteiger partial charge in [-0.05, 0) is 0 Å². The van der Waals surface area contributed by atoms with Crippen LogP contribution in [0.4, 0.5) is 5.82 Å². The van der Waals surface area contributed by atoms with Crippen molar-refractivity contribution in [2.45, 2.75) is 6.92 Å². The monoisotopic (exact) mass is 170 g/mol. The molecule has 0 unspecified atom stereocenters. The number of nitrogens with one attached hydrogen (secondary N) is 1. The van der Waals surface area contributed by atoms with Crippen LogP contribution in [0.2, 0.25) is 0 Å². The lowest BCUT2D eigenvalue weighted by Gasteiger charge is -1.93. The minimum atomic E-state index is -0.0862. The SMILES string of the molecule is CC(=O)c1scnc1NC=O. The summed E-state index contributed by atoms with van der Waals surface area (Å²) in [5.41, 5.74) is 1.52. The number of aromatic nitrogens is 1. The minimum Gasteiger partial charge on any atom is -0.312 e. The van der Waals surface area contributed by atoms with Gasteiger partial charge in [0.1, 0.15) is 4.88 Å². The van der Waals surface area contributed by atoms with Gasteiger partial charge in [0, 0.05) is 6.92 Å². The summed E-state index contributed by atoms with van der Waals surface area (Å²) in [6, 6.07) is 0. The number of hydrogen-bond donors (Lipinski definition) is 1. The number of amides is 1. The summed E-state index contributed by atoms with van der Waals surface area (Å²) < 4.78 is 0. The summed E-state index contributed by atoms with van der Waals surface area (Å²) in [6.07, 6.45) is 0.501. The third-order valence-electron chi connectivity index (χ3n) is 1.08. The van der Waals surface area contributed by atoms with E-state index in [1.807, 2.05) is 0 Å². The second-order valence-electron chi connectivity index (χ2n) is 1.85. The van der Waals surface area contributed by atoms with Crippen molar-refractivity contribution in [1.82, 2.24) is 4.98 Å². The Morgan fingerprint density at radius 2 is 2.55 bits per heavy atom. The Balaban J connectivity index is 2.95. The van der Waals surface area contributed by atoms with Gasteiger partial charge in [0.25, 0.3) is 0 Å². The fraction of sp³-hybridized carbons (Fsp3) is 0.167. The predicted molar refractivity (Wildman–Crippen MR) is 41.8 cm³/mol. The Hall–Kier alpha value is -1.23. The molecular formula is C6H6N2O2S. The maximum absolute atomic E-state index is 10.8. The van der Waals surface area contributed by atoms with Crippen LogP contribution in [0.1, 0.15) is 16.6 Å². The molecular weight excluding hydrogens is 164 g/mol. The molecule has 1 N–H and O–H groups in total. The second kappa shape index (κ2) is 3.25. The zero-order chi connectivity index (χ0) is 8.27. The second-order valence-corrected chi connectivity index (χ2v) is 2.70. The Morgan fingerprint density at radius 3 is 3.09 bits per heavy atom. The molecule has 0 saturated carbocycles. The standard InChI is InChI=1S/C6H6N2O2S/c1-4(10)5-6(7-2-9)8-3-11-5/h2-3H,1H3,(H,7,9). The van der Waals surface area contributed by atoms with Crippen LogP contribution in [0.3, 0.4) is 0 Å². The average Bonchev–Trinajstić information content (AvgIpc) is 2.36. The molecule has 0 atom stereocenters. The van der Waals surface area contributed by atoms with Crippen LogP contribution in [-0.2, 0) is 4.79 Å². The van der Waals surface area contributed by atoms with Crippen molar-refractivity contribution in [2.24, 2.45) is 0 Å². The van der Waals surface area contributed by atoms with E-state index in [0.717, 1.165) is 0 Å². The summed E-state index contributed by atoms with van der Waals surface area (Å²) in [4.78, 5) is 25.1. The van der Waals surface area contributed by atoms with Gasteiger partial charge in [0.05, 0.1) is 5.51 Å². The van der Waals surface area contributed by atoms with Crippen LogP contribution in [0.25, 0.3) is 0 Å². The van der Waals surface area contributed by atoms with E-state index in [4.69, 9.17) is 0 Å². The van der Waals surface area contributed by atoms with Crippen LogP contribution in [0.5, 0.6) is 0 Å². The number of Topliss-reactive ketones (excluding diaryl/α,β-unsaturated/α-hetero) is 1. The van der Waals surface area contributed by atoms with Gasteiger partial charge in [-0.3, -0.25) is 9.59 Å². The fourth-order valence-corrected chi connectivity index (χ4v) is 1.31. The van der Waals surface area contributed by atoms with E-state index in [1.165, 1.54) is 23.8 Å². The van der Waals surface area contributed by atoms with Gasteiger partial charge in [-0.25, -0.2) is 4.98 Å². The van der Waals surface area contributed by atoms with Gasteiger partial charge in [-0.1, -0.05) is 0 Å². The molecule has 0 radical (unpaired) electrons. The van der Waals surface area contributed by atoms with Crippen molar-refractivity contribution in [1.29, 1.82) is 0 Å². The van der Waals surface area contributed by atoms with Gasteiger partial charge in [-0.2, -0.15) is 0 Å². The van der Waals surface area contributed by atoms with Gasteiger partial charge < -0.3 is 5.32 Å². The molecule has 1 amide bonds. The van der Waals surface area contributed by atoms with E-state index < -0.39 is 0 Å². The van der Waals surface area contributed by atoms with Crippen molar-refractivity contribution in [3.05, 3.63) is 10.4 Å². The molecule has 11 heavy (non-hydrogen) atoms. The quantitative estimate of drug-likeness (QED) is 0.542. The van der Waals surface area contributed by atoms with Crippen LogP contribution >= 0.6 is 11.3 Å². The van der Waals surface area contributed by atoms with E-state index in [2.05, 4.69) is 10.3 Å². The Labute approximate surface area is 67.3 Å². The first-order valence-electron chi connectivity index (χ1n) is 2.90. The van der Waals surface area contributed by atoms with Crippen LogP contribution < -0.4 is 5.32 Å². The smallest absolute Gasteiger partial charge is 0.212 e. The zero-order valence-corrected chi connectivity index (χ0v) is 6.64. The number of thiazole rings is 1. The van der Waals surface area contributed by atoms with E-state index in [9.17, 15) is 9.59 Å². The maximum atomic E-state index is 10.8. The number of ketones is 1. The largest absolute Gasteiger partial charge is 0.312 e. The average molecular weight is 170 g/mol. The number of hydrogen-bond acceptors (Lipinski definition) is 4. The van der Waals surface area contributed by atoms with Crippen LogP contribution in [-0.4, -0.2) is 17.2 Å². The predicted octanol–water partition coefficient (Wildman–Crippen LogP) is 0.914. The first-order valence-corrected chi connectivity index (χ1v) is 3.78. The highest BCUT2D eigenvalue weighted by atomic mass is 32.1. The number of nitrogens with zero attached hydrogens (tertiary/aromatic N) is 1. The van der Waals surface area contributed by atoms with E-state index in [-0.39, 0.29) is 5.78 Å². The van der Waals surface area contributed by atoms with E-state index in [1.54, 1.807) is 0 Å². The summed E-state index contributed by atoms with van der Waals surface area (Å²) in [5, 5.41) is 2.34. The highest BCUT2D eigenvalue weighted by molar-refractivity contribution is 7.12. The van der Waals surface area contributed by atoms with Crippen molar-refractivity contribution in [3.63, 3.8) is 0 Å². The fourth-order valence-electron chi connectivity index (χ4n) is 0.655. The molecule has 58 valence electrons. The molecule has 1 heterocycles. The number of carbonyl (C=O) groups is 2. The third kappa shape index (κ3) is 1.62. The summed E-state index contributed by atoms with van der Waals surface area (Å²) in [6.45, 7) is 1.43. The summed E-state index contributed by atoms with van der Waals surface area (Å²) in [7, 11) is 0. The number of carbonyl (C=O) groups excluding carboxylic acids is 2. The van der Waals surface area contributed by atoms with E-state index >= 15 is 0 Å². The Morgan fingerprint density at radius 1 is 1.82 bits per heavy atom. The first kappa shape index (κ1) is 7.87. The van der Waals surface area contributed by atoms with E-state index in [0.29, 0.717) is 17.1 Å². The summed E-state index contributed by atoms with van der Waals surface area (Å²) >= 11 is 1.22. The highest BCUT2D eigenvalue weighted by Crippen LogP contribution is 2.17. The molecule has 0 bridgehead atoms. The lowest BCUT2D eigenvalue weighted by Crippen LogP contribution is -1.99. The normalized spacial score (nSPS) is 9.18. The van der Waals surface area contributed by atoms with Gasteiger partial charge >= 0.3 is 0 Å². The molecule has 0 spiro atoms. The molecule has 0 fully saturated rings. The van der Waals surface area contributed by atoms with Gasteiger partial charge in [0.2, 0.25) is 6.41 Å². The molecule has 4 nitrogen and oxygen atoms in total. The Kier molecular flexibility index (Phi) is 2.32.